The van der Waals surface area contributed by atoms with Crippen LogP contribution < -0.4 is 0 Å². The van der Waals surface area contributed by atoms with E-state index in [-0.39, 0.29) is 0 Å². The van der Waals surface area contributed by atoms with E-state index in [1.54, 1.807) is 0 Å². The van der Waals surface area contributed by atoms with Gasteiger partial charge in [0.05, 0.1) is 0 Å². The molecule has 0 nitrogen and oxygen atoms in total. The molecule has 0 heterocycles. The molecule has 0 amide bonds. The third-order valence-electron chi connectivity index (χ3n) is 2.42. The highest BCUT2D eigenvalue weighted by molar-refractivity contribution is 14.1. The van der Waals surface area contributed by atoms with Crippen LogP contribution in [-0.4, -0.2) is 4.43 Å². The Kier molecular flexibility index (Phi) is 4.24. The van der Waals surface area contributed by atoms with E-state index in [1.807, 2.05) is 0 Å². The van der Waals surface area contributed by atoms with Gasteiger partial charge in [-0.15, -0.1) is 0 Å². The van der Waals surface area contributed by atoms with Gasteiger partial charge in [-0.2, -0.15) is 0 Å². The molecule has 80 valence electrons. The van der Waals surface area contributed by atoms with Gasteiger partial charge in [0, 0.05) is 16.4 Å². The Morgan fingerprint density at radius 1 is 1.00 bits per heavy atom. The van der Waals surface area contributed by atoms with Crippen molar-refractivity contribution in [3.63, 3.8) is 0 Å². The second kappa shape index (κ2) is 5.91. The van der Waals surface area contributed by atoms with Gasteiger partial charge in [0.1, 0.15) is 0 Å². The normalized spacial score (nSPS) is 9.81. The molecular formula is C15H13I. The van der Waals surface area contributed by atoms with Crippen LogP contribution in [-0.2, 0) is 0 Å². The van der Waals surface area contributed by atoms with Gasteiger partial charge in [-0.3, -0.25) is 0 Å². The highest BCUT2D eigenvalue weighted by Gasteiger charge is 1.92. The summed E-state index contributed by atoms with van der Waals surface area (Å²) in [4.78, 5) is 0. The number of hydrogen-bond donors (Lipinski definition) is 0. The lowest BCUT2D eigenvalue weighted by atomic mass is 10.1. The Balaban J connectivity index is 2.21. The van der Waals surface area contributed by atoms with Crippen LogP contribution in [0.5, 0.6) is 0 Å². The highest BCUT2D eigenvalue weighted by atomic mass is 127. The monoisotopic (exact) mass is 320 g/mol. The Labute approximate surface area is 110 Å². The minimum Gasteiger partial charge on any atom is -0.0979 e. The molecule has 0 aliphatic carbocycles. The van der Waals surface area contributed by atoms with Crippen LogP contribution >= 0.6 is 22.6 Å². The van der Waals surface area contributed by atoms with Gasteiger partial charge >= 0.3 is 0 Å². The fourth-order valence-electron chi connectivity index (χ4n) is 1.59. The topological polar surface area (TPSA) is 0 Å². The minimum absolute atomic E-state index is 0.996. The van der Waals surface area contributed by atoms with Crippen LogP contribution in [0.25, 0.3) is 10.8 Å². The summed E-state index contributed by atoms with van der Waals surface area (Å²) in [7, 11) is 0. The molecule has 1 heteroatoms. The second-order valence-electron chi connectivity index (χ2n) is 3.66. The molecule has 2 rings (SSSR count). The molecule has 0 aliphatic heterocycles. The lowest BCUT2D eigenvalue weighted by molar-refractivity contribution is 1.01. The SMILES string of the molecule is ICCCC#Cc1ccc2ccccc2c1. The molecule has 0 fully saturated rings. The van der Waals surface area contributed by atoms with Crippen molar-refractivity contribution < 1.29 is 0 Å². The Bertz CT molecular complexity index is 532. The second-order valence-corrected chi connectivity index (χ2v) is 4.73. The van der Waals surface area contributed by atoms with Crippen molar-refractivity contribution in [3.05, 3.63) is 48.0 Å². The predicted molar refractivity (Wildman–Crippen MR) is 78.9 cm³/mol. The number of unbranched alkanes of at least 4 members (excludes halogenated alkanes) is 1. The number of hydrogen-bond acceptors (Lipinski definition) is 0. The molecule has 0 unspecified atom stereocenters. The molecule has 0 N–H and O–H groups in total. The fraction of sp³-hybridized carbons (Fsp3) is 0.200. The third-order valence-corrected chi connectivity index (χ3v) is 3.18. The molecular weight excluding hydrogens is 307 g/mol. The molecule has 0 radical (unpaired) electrons. The maximum absolute atomic E-state index is 3.22. The van der Waals surface area contributed by atoms with Crippen LogP contribution in [0.3, 0.4) is 0 Å². The van der Waals surface area contributed by atoms with E-state index >= 15 is 0 Å². The Morgan fingerprint density at radius 3 is 2.62 bits per heavy atom. The van der Waals surface area contributed by atoms with Crippen molar-refractivity contribution in [2.75, 3.05) is 4.43 Å². The quantitative estimate of drug-likeness (QED) is 0.333. The average Bonchev–Trinajstić information content (AvgIpc) is 2.34. The maximum atomic E-state index is 3.22. The lowest BCUT2D eigenvalue weighted by Crippen LogP contribution is -1.77. The predicted octanol–water partition coefficient (Wildman–Crippen LogP) is 4.41. The molecule has 0 atom stereocenters. The summed E-state index contributed by atoms with van der Waals surface area (Å²) in [5, 5.41) is 2.54. The molecule has 0 saturated heterocycles. The van der Waals surface area contributed by atoms with Crippen molar-refractivity contribution >= 4 is 33.4 Å². The van der Waals surface area contributed by atoms with Crippen molar-refractivity contribution in [1.82, 2.24) is 0 Å². The maximum Gasteiger partial charge on any atom is 0.0251 e. The summed E-state index contributed by atoms with van der Waals surface area (Å²) < 4.78 is 1.18. The number of fused-ring (bicyclic) bond motifs is 1. The summed E-state index contributed by atoms with van der Waals surface area (Å²) in [6.45, 7) is 0. The van der Waals surface area contributed by atoms with Crippen LogP contribution in [0, 0.1) is 11.8 Å². The van der Waals surface area contributed by atoms with Crippen molar-refractivity contribution in [1.29, 1.82) is 0 Å². The molecule has 0 spiro atoms. The van der Waals surface area contributed by atoms with E-state index in [1.165, 1.54) is 21.6 Å². The van der Waals surface area contributed by atoms with Gasteiger partial charge in [0.2, 0.25) is 0 Å². The molecule has 0 saturated carbocycles. The Morgan fingerprint density at radius 2 is 1.81 bits per heavy atom. The van der Waals surface area contributed by atoms with E-state index in [0.717, 1.165) is 12.0 Å². The lowest BCUT2D eigenvalue weighted by Gasteiger charge is -1.97. The van der Waals surface area contributed by atoms with E-state index in [0.29, 0.717) is 0 Å². The van der Waals surface area contributed by atoms with Crippen LogP contribution in [0.2, 0.25) is 0 Å². The smallest absolute Gasteiger partial charge is 0.0251 e. The fourth-order valence-corrected chi connectivity index (χ4v) is 1.97. The number of rotatable bonds is 2. The highest BCUT2D eigenvalue weighted by Crippen LogP contribution is 2.14. The molecule has 0 aromatic heterocycles. The zero-order valence-corrected chi connectivity index (χ0v) is 11.2. The van der Waals surface area contributed by atoms with E-state index in [9.17, 15) is 0 Å². The van der Waals surface area contributed by atoms with E-state index < -0.39 is 0 Å². The summed E-state index contributed by atoms with van der Waals surface area (Å²) >= 11 is 2.39. The minimum atomic E-state index is 0.996. The van der Waals surface area contributed by atoms with Gasteiger partial charge in [0.15, 0.2) is 0 Å². The average molecular weight is 320 g/mol. The molecule has 16 heavy (non-hydrogen) atoms. The first-order valence-corrected chi connectivity index (χ1v) is 6.96. The van der Waals surface area contributed by atoms with Gasteiger partial charge in [-0.25, -0.2) is 0 Å². The van der Waals surface area contributed by atoms with Gasteiger partial charge in [0.25, 0.3) is 0 Å². The van der Waals surface area contributed by atoms with Crippen LogP contribution in [0.1, 0.15) is 18.4 Å². The number of halogens is 1. The summed E-state index contributed by atoms with van der Waals surface area (Å²) in [6.07, 6.45) is 2.18. The van der Waals surface area contributed by atoms with E-state index in [4.69, 9.17) is 0 Å². The van der Waals surface area contributed by atoms with Crippen molar-refractivity contribution in [3.8, 4) is 11.8 Å². The number of alkyl halides is 1. The van der Waals surface area contributed by atoms with Crippen molar-refractivity contribution in [2.45, 2.75) is 12.8 Å². The van der Waals surface area contributed by atoms with E-state index in [2.05, 4.69) is 76.9 Å². The first kappa shape index (κ1) is 11.5. The van der Waals surface area contributed by atoms with Crippen molar-refractivity contribution in [2.24, 2.45) is 0 Å². The first-order valence-electron chi connectivity index (χ1n) is 5.44. The molecule has 2 aromatic carbocycles. The third kappa shape index (κ3) is 2.99. The number of benzene rings is 2. The van der Waals surface area contributed by atoms with Gasteiger partial charge in [-0.1, -0.05) is 64.8 Å². The van der Waals surface area contributed by atoms with Gasteiger partial charge in [-0.05, 0) is 29.3 Å². The molecule has 0 aliphatic rings. The zero-order valence-electron chi connectivity index (χ0n) is 9.04. The van der Waals surface area contributed by atoms with Crippen LogP contribution in [0.15, 0.2) is 42.5 Å². The molecule has 2 aromatic rings. The van der Waals surface area contributed by atoms with Gasteiger partial charge < -0.3 is 0 Å². The first-order chi connectivity index (χ1) is 7.90. The summed E-state index contributed by atoms with van der Waals surface area (Å²) in [5.41, 5.74) is 1.12. The van der Waals surface area contributed by atoms with Crippen LogP contribution in [0.4, 0.5) is 0 Å². The summed E-state index contributed by atoms with van der Waals surface area (Å²) in [6, 6.07) is 14.8. The Hall–Kier alpha value is -1.01. The standard InChI is InChI=1S/C15H13I/c16-11-5-1-2-6-13-9-10-14-7-3-4-8-15(14)12-13/h3-4,7-10,12H,1,5,11H2. The zero-order chi connectivity index (χ0) is 11.2. The molecule has 0 bridgehead atoms. The largest absolute Gasteiger partial charge is 0.0979 e. The summed E-state index contributed by atoms with van der Waals surface area (Å²) in [5.74, 6) is 6.43.